The maximum atomic E-state index is 12.9. The second kappa shape index (κ2) is 8.39. The fraction of sp³-hybridized carbons (Fsp3) is 0.381. The summed E-state index contributed by atoms with van der Waals surface area (Å²) in [5.74, 6) is 0.743. The maximum absolute atomic E-state index is 12.9. The van der Waals surface area contributed by atoms with Gasteiger partial charge in [0.2, 0.25) is 6.10 Å². The number of benzene rings is 1. The van der Waals surface area contributed by atoms with Crippen molar-refractivity contribution in [1.29, 1.82) is 0 Å². The maximum Gasteiger partial charge on any atom is 0.266 e. The van der Waals surface area contributed by atoms with Crippen LogP contribution in [0, 0.1) is 0 Å². The normalized spacial score (nSPS) is 19.8. The van der Waals surface area contributed by atoms with Crippen LogP contribution in [0.4, 0.5) is 0 Å². The Morgan fingerprint density at radius 1 is 1.14 bits per heavy atom. The molecule has 4 rings (SSSR count). The number of para-hydroxylation sites is 1. The first kappa shape index (κ1) is 18.4. The first-order valence-corrected chi connectivity index (χ1v) is 9.51. The van der Waals surface area contributed by atoms with E-state index in [0.717, 1.165) is 42.4 Å². The Bertz CT molecular complexity index is 848. The molecular weight excluding hydrogens is 356 g/mol. The largest absolute Gasteiger partial charge is 0.496 e. The summed E-state index contributed by atoms with van der Waals surface area (Å²) in [5, 5.41) is 4.15. The number of amides is 1. The van der Waals surface area contributed by atoms with Gasteiger partial charge in [0.05, 0.1) is 18.5 Å². The molecule has 2 aliphatic rings. The first-order chi connectivity index (χ1) is 13.7. The number of piperazine rings is 1. The molecule has 146 valence electrons. The molecule has 7 heteroatoms. The van der Waals surface area contributed by atoms with Gasteiger partial charge >= 0.3 is 0 Å². The van der Waals surface area contributed by atoms with Crippen LogP contribution < -0.4 is 4.74 Å². The predicted octanol–water partition coefficient (Wildman–Crippen LogP) is 1.93. The number of methoxy groups -OCH3 is 1. The number of hydrogen-bond donors (Lipinski definition) is 0. The number of hydrogen-bond acceptors (Lipinski definition) is 6. The van der Waals surface area contributed by atoms with E-state index in [1.807, 2.05) is 53.6 Å². The lowest BCUT2D eigenvalue weighted by Gasteiger charge is -2.35. The topological polar surface area (TPSA) is 67.3 Å². The van der Waals surface area contributed by atoms with E-state index in [1.54, 1.807) is 7.11 Å². The van der Waals surface area contributed by atoms with Crippen LogP contribution in [-0.2, 0) is 16.2 Å². The number of carbonyl (C=O) groups excluding carboxylic acids is 1. The Hall–Kier alpha value is -2.93. The number of oxime groups is 1. The van der Waals surface area contributed by atoms with Gasteiger partial charge in [0.1, 0.15) is 5.75 Å². The molecule has 28 heavy (non-hydrogen) atoms. The van der Waals surface area contributed by atoms with Gasteiger partial charge in [-0.15, -0.1) is 0 Å². The van der Waals surface area contributed by atoms with Crippen molar-refractivity contribution in [3.63, 3.8) is 0 Å². The summed E-state index contributed by atoms with van der Waals surface area (Å²) in [7, 11) is 1.63. The van der Waals surface area contributed by atoms with Gasteiger partial charge in [-0.1, -0.05) is 23.4 Å². The minimum Gasteiger partial charge on any atom is -0.496 e. The number of ether oxygens (including phenoxy) is 1. The number of carbonyl (C=O) groups is 1. The third-order valence-corrected chi connectivity index (χ3v) is 5.16. The van der Waals surface area contributed by atoms with Gasteiger partial charge in [0, 0.05) is 50.9 Å². The SMILES string of the molecule is COc1ccccc1C1=NOC(C(=O)N2CCN(Cc3ccccn3)CC2)C1. The average Bonchev–Trinajstić information content (AvgIpc) is 3.24. The van der Waals surface area contributed by atoms with Crippen LogP contribution in [0.2, 0.25) is 0 Å². The second-order valence-electron chi connectivity index (χ2n) is 6.96. The van der Waals surface area contributed by atoms with Gasteiger partial charge in [-0.05, 0) is 24.3 Å². The molecule has 3 heterocycles. The smallest absolute Gasteiger partial charge is 0.266 e. The molecule has 0 N–H and O–H groups in total. The summed E-state index contributed by atoms with van der Waals surface area (Å²) >= 11 is 0. The molecule has 1 unspecified atom stereocenters. The lowest BCUT2D eigenvalue weighted by molar-refractivity contribution is -0.143. The van der Waals surface area contributed by atoms with Crippen molar-refractivity contribution in [1.82, 2.24) is 14.8 Å². The number of nitrogens with zero attached hydrogens (tertiary/aromatic N) is 4. The number of aromatic nitrogens is 1. The van der Waals surface area contributed by atoms with Gasteiger partial charge in [0.15, 0.2) is 0 Å². The minimum atomic E-state index is -0.553. The summed E-state index contributed by atoms with van der Waals surface area (Å²) in [6.45, 7) is 3.85. The minimum absolute atomic E-state index is 0.00568. The van der Waals surface area contributed by atoms with Crippen molar-refractivity contribution >= 4 is 11.6 Å². The van der Waals surface area contributed by atoms with Crippen LogP contribution in [0.15, 0.2) is 53.8 Å². The Labute approximate surface area is 164 Å². The molecule has 0 radical (unpaired) electrons. The van der Waals surface area contributed by atoms with E-state index in [4.69, 9.17) is 9.57 Å². The molecule has 1 saturated heterocycles. The molecule has 1 fully saturated rings. The van der Waals surface area contributed by atoms with E-state index < -0.39 is 6.10 Å². The summed E-state index contributed by atoms with van der Waals surface area (Å²) in [4.78, 5) is 26.9. The highest BCUT2D eigenvalue weighted by molar-refractivity contribution is 6.05. The van der Waals surface area contributed by atoms with Crippen molar-refractivity contribution in [2.45, 2.75) is 19.1 Å². The average molecular weight is 380 g/mol. The van der Waals surface area contributed by atoms with Crippen LogP contribution >= 0.6 is 0 Å². The van der Waals surface area contributed by atoms with E-state index in [2.05, 4.69) is 15.0 Å². The van der Waals surface area contributed by atoms with Gasteiger partial charge in [-0.3, -0.25) is 14.7 Å². The molecule has 1 amide bonds. The third-order valence-electron chi connectivity index (χ3n) is 5.16. The van der Waals surface area contributed by atoms with Crippen LogP contribution in [0.5, 0.6) is 5.75 Å². The highest BCUT2D eigenvalue weighted by Gasteiger charge is 2.34. The van der Waals surface area contributed by atoms with Crippen molar-refractivity contribution in [3.8, 4) is 5.75 Å². The highest BCUT2D eigenvalue weighted by atomic mass is 16.6. The van der Waals surface area contributed by atoms with E-state index in [0.29, 0.717) is 19.5 Å². The van der Waals surface area contributed by atoms with Crippen LogP contribution in [0.1, 0.15) is 17.7 Å². The van der Waals surface area contributed by atoms with Gasteiger partial charge in [-0.2, -0.15) is 0 Å². The quantitative estimate of drug-likeness (QED) is 0.793. The standard InChI is InChI=1S/C21H24N4O3/c1-27-19-8-3-2-7-17(19)18-14-20(28-23-18)21(26)25-12-10-24(11-13-25)15-16-6-4-5-9-22-16/h2-9,20H,10-15H2,1H3. The predicted molar refractivity (Wildman–Crippen MR) is 105 cm³/mol. The van der Waals surface area contributed by atoms with Crippen molar-refractivity contribution < 1.29 is 14.4 Å². The van der Waals surface area contributed by atoms with Crippen LogP contribution in [0.3, 0.4) is 0 Å². The van der Waals surface area contributed by atoms with Gasteiger partial charge in [-0.25, -0.2) is 0 Å². The van der Waals surface area contributed by atoms with E-state index >= 15 is 0 Å². The van der Waals surface area contributed by atoms with Crippen LogP contribution in [-0.4, -0.2) is 65.8 Å². The molecule has 0 spiro atoms. The molecule has 2 aromatic rings. The van der Waals surface area contributed by atoms with E-state index in [9.17, 15) is 4.79 Å². The fourth-order valence-corrected chi connectivity index (χ4v) is 3.60. The molecule has 1 atom stereocenters. The number of pyridine rings is 1. The Morgan fingerprint density at radius 2 is 1.93 bits per heavy atom. The summed E-state index contributed by atoms with van der Waals surface area (Å²) in [6.07, 6.45) is 1.72. The van der Waals surface area contributed by atoms with Gasteiger partial charge in [0.25, 0.3) is 5.91 Å². The summed E-state index contributed by atoms with van der Waals surface area (Å²) in [5.41, 5.74) is 2.68. The Morgan fingerprint density at radius 3 is 2.68 bits per heavy atom. The lowest BCUT2D eigenvalue weighted by Crippen LogP contribution is -2.51. The lowest BCUT2D eigenvalue weighted by atomic mass is 10.0. The molecule has 7 nitrogen and oxygen atoms in total. The fourth-order valence-electron chi connectivity index (χ4n) is 3.60. The summed E-state index contributed by atoms with van der Waals surface area (Å²) < 4.78 is 5.39. The molecule has 1 aromatic carbocycles. The Balaban J connectivity index is 1.30. The van der Waals surface area contributed by atoms with Crippen molar-refractivity contribution in [2.24, 2.45) is 5.16 Å². The van der Waals surface area contributed by atoms with Crippen LogP contribution in [0.25, 0.3) is 0 Å². The van der Waals surface area contributed by atoms with Crippen molar-refractivity contribution in [3.05, 3.63) is 59.9 Å². The Kier molecular flexibility index (Phi) is 5.53. The number of rotatable bonds is 5. The molecule has 0 bridgehead atoms. The zero-order valence-corrected chi connectivity index (χ0v) is 16.0. The first-order valence-electron chi connectivity index (χ1n) is 9.51. The summed E-state index contributed by atoms with van der Waals surface area (Å²) in [6, 6.07) is 13.6. The molecule has 0 saturated carbocycles. The third kappa shape index (κ3) is 3.99. The molecule has 1 aromatic heterocycles. The highest BCUT2D eigenvalue weighted by Crippen LogP contribution is 2.25. The monoisotopic (exact) mass is 380 g/mol. The van der Waals surface area contributed by atoms with E-state index in [1.165, 1.54) is 0 Å². The van der Waals surface area contributed by atoms with E-state index in [-0.39, 0.29) is 5.91 Å². The second-order valence-corrected chi connectivity index (χ2v) is 6.96. The van der Waals surface area contributed by atoms with Crippen molar-refractivity contribution in [2.75, 3.05) is 33.3 Å². The zero-order valence-electron chi connectivity index (χ0n) is 16.0. The van der Waals surface area contributed by atoms with Gasteiger partial charge < -0.3 is 14.5 Å². The molecule has 2 aliphatic heterocycles. The molecule has 0 aliphatic carbocycles. The molecular formula is C21H24N4O3. The zero-order chi connectivity index (χ0) is 19.3.